The minimum absolute atomic E-state index is 0.0407. The first-order valence-corrected chi connectivity index (χ1v) is 10.5. The zero-order valence-corrected chi connectivity index (χ0v) is 18.5. The van der Waals surface area contributed by atoms with Gasteiger partial charge in [-0.15, -0.1) is 0 Å². The van der Waals surface area contributed by atoms with Crippen molar-refractivity contribution < 1.29 is 23.5 Å². The molecule has 0 saturated carbocycles. The Morgan fingerprint density at radius 3 is 2.61 bits per heavy atom. The minimum atomic E-state index is -1.12. The maximum absolute atomic E-state index is 14.2. The third-order valence-electron chi connectivity index (χ3n) is 5.08. The summed E-state index contributed by atoms with van der Waals surface area (Å²) in [5, 5.41) is 21.6. The fraction of sp³-hybridized carbons (Fsp3) is 0.250. The molecule has 9 heteroatoms. The summed E-state index contributed by atoms with van der Waals surface area (Å²) in [5.41, 5.74) is 1.77. The number of nitrogens with zero attached hydrogens (tertiary/aromatic N) is 2. The van der Waals surface area contributed by atoms with Gasteiger partial charge in [0, 0.05) is 23.0 Å². The molecule has 2 N–H and O–H groups in total. The molecular weight excluding hydrogens is 449 g/mol. The molecule has 0 bridgehead atoms. The highest BCUT2D eigenvalue weighted by Crippen LogP contribution is 2.27. The van der Waals surface area contributed by atoms with E-state index in [4.69, 9.17) is 21.3 Å². The van der Waals surface area contributed by atoms with Crippen LogP contribution in [0.15, 0.2) is 53.1 Å². The molecule has 0 saturated heterocycles. The Labute approximate surface area is 194 Å². The van der Waals surface area contributed by atoms with Gasteiger partial charge in [0.25, 0.3) is 5.89 Å². The van der Waals surface area contributed by atoms with E-state index in [9.17, 15) is 19.1 Å². The predicted molar refractivity (Wildman–Crippen MR) is 119 cm³/mol. The molecule has 0 aliphatic rings. The van der Waals surface area contributed by atoms with Crippen LogP contribution in [-0.4, -0.2) is 28.0 Å². The van der Waals surface area contributed by atoms with Gasteiger partial charge in [-0.3, -0.25) is 9.59 Å². The van der Waals surface area contributed by atoms with Crippen molar-refractivity contribution in [1.29, 1.82) is 5.26 Å². The van der Waals surface area contributed by atoms with Crippen molar-refractivity contribution in [2.45, 2.75) is 32.2 Å². The number of carbonyl (C=O) groups excluding carboxylic acids is 1. The number of hydrogen-bond donors (Lipinski definition) is 2. The van der Waals surface area contributed by atoms with Crippen LogP contribution in [0.1, 0.15) is 34.9 Å². The van der Waals surface area contributed by atoms with Gasteiger partial charge in [0.15, 0.2) is 0 Å². The van der Waals surface area contributed by atoms with E-state index in [0.717, 1.165) is 5.56 Å². The quantitative estimate of drug-likeness (QED) is 0.465. The number of aryl methyl sites for hydroxylation is 1. The summed E-state index contributed by atoms with van der Waals surface area (Å²) in [6, 6.07) is 12.6. The Bertz CT molecular complexity index is 1190. The van der Waals surface area contributed by atoms with E-state index in [1.807, 2.05) is 6.07 Å². The van der Waals surface area contributed by atoms with Gasteiger partial charge in [0.2, 0.25) is 0 Å². The van der Waals surface area contributed by atoms with Crippen molar-refractivity contribution in [3.8, 4) is 17.2 Å². The van der Waals surface area contributed by atoms with Crippen LogP contribution in [0.5, 0.6) is 0 Å². The molecular formula is C24H21ClFN3O4. The molecule has 7 nitrogen and oxygen atoms in total. The Hall–Kier alpha value is -3.70. The maximum Gasteiger partial charge on any atom is 0.307 e. The molecule has 0 aliphatic heterocycles. The number of rotatable bonds is 9. The number of nitrogens with one attached hydrogen (secondary N) is 1. The zero-order valence-electron chi connectivity index (χ0n) is 17.7. The van der Waals surface area contributed by atoms with E-state index in [1.165, 1.54) is 24.4 Å². The lowest BCUT2D eigenvalue weighted by Gasteiger charge is -2.21. The number of carbonyl (C=O) groups is 2. The molecule has 33 heavy (non-hydrogen) atoms. The van der Waals surface area contributed by atoms with Crippen LogP contribution >= 0.6 is 11.6 Å². The summed E-state index contributed by atoms with van der Waals surface area (Å²) in [4.78, 5) is 28.0. The first-order valence-electron chi connectivity index (χ1n) is 10.1. The molecule has 0 aliphatic carbocycles. The van der Waals surface area contributed by atoms with Crippen LogP contribution in [0, 0.1) is 30.0 Å². The van der Waals surface area contributed by atoms with Gasteiger partial charge in [-0.2, -0.15) is 5.26 Å². The molecule has 1 heterocycles. The second-order valence-electron chi connectivity index (χ2n) is 7.60. The molecule has 1 amide bonds. The van der Waals surface area contributed by atoms with Crippen LogP contribution in [0.2, 0.25) is 5.02 Å². The number of oxazole rings is 1. The van der Waals surface area contributed by atoms with Crippen molar-refractivity contribution in [2.24, 2.45) is 5.92 Å². The van der Waals surface area contributed by atoms with Gasteiger partial charge >= 0.3 is 11.9 Å². The molecule has 170 valence electrons. The van der Waals surface area contributed by atoms with Crippen LogP contribution in [0.25, 0.3) is 11.1 Å². The standard InChI is InChI=1S/C24H21ClFN3O4/c1-14-13-28-23(33-14)22(30)29-19(11-17(8-9-27)24(31)32)10-15-2-4-16(5-3-15)20-12-18(25)6-7-21(20)26/h2-7,12-13,17,19H,8,10-11H2,1H3,(H,29,30)(H,31,32)/t17-,19-/m1/s1. The average molecular weight is 470 g/mol. The fourth-order valence-electron chi connectivity index (χ4n) is 3.45. The molecule has 1 aromatic heterocycles. The van der Waals surface area contributed by atoms with Gasteiger partial charge in [-0.1, -0.05) is 35.9 Å². The highest BCUT2D eigenvalue weighted by molar-refractivity contribution is 6.30. The lowest BCUT2D eigenvalue weighted by Crippen LogP contribution is -2.39. The summed E-state index contributed by atoms with van der Waals surface area (Å²) in [6.07, 6.45) is 1.55. The zero-order chi connectivity index (χ0) is 24.0. The van der Waals surface area contributed by atoms with Crippen molar-refractivity contribution in [3.63, 3.8) is 0 Å². The number of carboxylic acid groups (broad SMARTS) is 1. The molecule has 0 fully saturated rings. The molecule has 3 aromatic rings. The summed E-state index contributed by atoms with van der Waals surface area (Å²) < 4.78 is 19.4. The van der Waals surface area contributed by atoms with Crippen molar-refractivity contribution in [2.75, 3.05) is 0 Å². The van der Waals surface area contributed by atoms with Crippen LogP contribution < -0.4 is 5.32 Å². The normalized spacial score (nSPS) is 12.5. The Morgan fingerprint density at radius 2 is 2.00 bits per heavy atom. The Balaban J connectivity index is 1.80. The van der Waals surface area contributed by atoms with Crippen molar-refractivity contribution >= 4 is 23.5 Å². The number of aliphatic carboxylic acids is 1. The molecule has 3 rings (SSSR count). The van der Waals surface area contributed by atoms with Gasteiger partial charge < -0.3 is 14.8 Å². The molecule has 2 atom stereocenters. The average Bonchev–Trinajstić information content (AvgIpc) is 3.22. The van der Waals surface area contributed by atoms with Crippen LogP contribution in [0.4, 0.5) is 4.39 Å². The topological polar surface area (TPSA) is 116 Å². The third-order valence-corrected chi connectivity index (χ3v) is 5.32. The molecule has 0 radical (unpaired) electrons. The lowest BCUT2D eigenvalue weighted by molar-refractivity contribution is -0.142. The lowest BCUT2D eigenvalue weighted by atomic mass is 9.92. The maximum atomic E-state index is 14.2. The SMILES string of the molecule is Cc1cnc(C(=O)N[C@H](Cc2ccc(-c3cc(Cl)ccc3F)cc2)C[C@@H](CC#N)C(=O)O)o1. The predicted octanol–water partition coefficient (Wildman–Crippen LogP) is 4.79. The summed E-state index contributed by atoms with van der Waals surface area (Å²) in [6.45, 7) is 1.65. The van der Waals surface area contributed by atoms with Crippen LogP contribution in [-0.2, 0) is 11.2 Å². The number of benzene rings is 2. The second kappa shape index (κ2) is 10.7. The third kappa shape index (κ3) is 6.40. The molecule has 0 spiro atoms. The van der Waals surface area contributed by atoms with Gasteiger partial charge in [0.05, 0.1) is 18.2 Å². The van der Waals surface area contributed by atoms with E-state index in [2.05, 4.69) is 10.3 Å². The van der Waals surface area contributed by atoms with E-state index >= 15 is 0 Å². The van der Waals surface area contributed by atoms with E-state index in [0.29, 0.717) is 28.3 Å². The van der Waals surface area contributed by atoms with Crippen molar-refractivity contribution in [1.82, 2.24) is 10.3 Å². The fourth-order valence-corrected chi connectivity index (χ4v) is 3.62. The molecule has 2 aromatic carbocycles. The highest BCUT2D eigenvalue weighted by atomic mass is 35.5. The number of hydrogen-bond acceptors (Lipinski definition) is 5. The Morgan fingerprint density at radius 1 is 1.27 bits per heavy atom. The van der Waals surface area contributed by atoms with E-state index < -0.39 is 29.7 Å². The number of aromatic nitrogens is 1. The highest BCUT2D eigenvalue weighted by Gasteiger charge is 2.25. The van der Waals surface area contributed by atoms with Gasteiger partial charge in [0.1, 0.15) is 11.6 Å². The number of halogens is 2. The largest absolute Gasteiger partial charge is 0.481 e. The first kappa shape index (κ1) is 24.0. The molecule has 0 unspecified atom stereocenters. The van der Waals surface area contributed by atoms with Gasteiger partial charge in [-0.05, 0) is 49.1 Å². The summed E-state index contributed by atoms with van der Waals surface area (Å²) >= 11 is 5.98. The summed E-state index contributed by atoms with van der Waals surface area (Å²) in [5.74, 6) is -2.71. The number of amides is 1. The monoisotopic (exact) mass is 469 g/mol. The minimum Gasteiger partial charge on any atom is -0.481 e. The smallest absolute Gasteiger partial charge is 0.307 e. The van der Waals surface area contributed by atoms with E-state index in [-0.39, 0.29) is 18.7 Å². The van der Waals surface area contributed by atoms with Gasteiger partial charge in [-0.25, -0.2) is 9.37 Å². The van der Waals surface area contributed by atoms with E-state index in [1.54, 1.807) is 31.2 Å². The van der Waals surface area contributed by atoms with Crippen molar-refractivity contribution in [3.05, 3.63) is 76.7 Å². The second-order valence-corrected chi connectivity index (χ2v) is 8.04. The number of carboxylic acids is 1. The Kier molecular flexibility index (Phi) is 7.80. The first-order chi connectivity index (χ1) is 15.8. The summed E-state index contributed by atoms with van der Waals surface area (Å²) in [7, 11) is 0. The number of nitriles is 1. The van der Waals surface area contributed by atoms with Crippen LogP contribution in [0.3, 0.4) is 0 Å².